The summed E-state index contributed by atoms with van der Waals surface area (Å²) >= 11 is 0. The van der Waals surface area contributed by atoms with E-state index in [9.17, 15) is 14.9 Å². The van der Waals surface area contributed by atoms with Crippen molar-refractivity contribution < 1.29 is 9.72 Å². The number of nitro benzene ring substituents is 1. The zero-order valence-corrected chi connectivity index (χ0v) is 9.91. The van der Waals surface area contributed by atoms with Gasteiger partial charge in [-0.05, 0) is 25.0 Å². The molecule has 1 saturated carbocycles. The molecule has 1 aromatic carbocycles. The Balaban J connectivity index is 1.75. The van der Waals surface area contributed by atoms with Crippen LogP contribution >= 0.6 is 0 Å². The van der Waals surface area contributed by atoms with Crippen LogP contribution in [0, 0.1) is 10.1 Å². The van der Waals surface area contributed by atoms with Crippen molar-refractivity contribution in [2.45, 2.75) is 37.8 Å². The molecule has 1 aromatic rings. The minimum absolute atomic E-state index is 0.0156. The minimum atomic E-state index is -0.453. The zero-order chi connectivity index (χ0) is 12.7. The predicted octanol–water partition coefficient (Wildman–Crippen LogP) is 2.36. The molecule has 2 fully saturated rings. The van der Waals surface area contributed by atoms with Crippen molar-refractivity contribution >= 4 is 11.6 Å². The summed E-state index contributed by atoms with van der Waals surface area (Å²) in [4.78, 5) is 24.2. The van der Waals surface area contributed by atoms with Gasteiger partial charge in [-0.25, -0.2) is 0 Å². The maximum absolute atomic E-state index is 12.2. The first-order valence-electron chi connectivity index (χ1n) is 6.25. The zero-order valence-electron chi connectivity index (χ0n) is 9.91. The molecule has 1 saturated heterocycles. The monoisotopic (exact) mass is 246 g/mol. The lowest BCUT2D eigenvalue weighted by molar-refractivity contribution is -0.384. The van der Waals surface area contributed by atoms with Gasteiger partial charge in [-0.1, -0.05) is 12.8 Å². The highest BCUT2D eigenvalue weighted by molar-refractivity contribution is 5.96. The second-order valence-corrected chi connectivity index (χ2v) is 4.94. The highest BCUT2D eigenvalue weighted by Crippen LogP contribution is 2.41. The number of nitrogens with zero attached hydrogens (tertiary/aromatic N) is 2. The van der Waals surface area contributed by atoms with Gasteiger partial charge in [0.15, 0.2) is 0 Å². The Bertz CT molecular complexity index is 485. The van der Waals surface area contributed by atoms with Crippen LogP contribution in [0.5, 0.6) is 0 Å². The van der Waals surface area contributed by atoms with Gasteiger partial charge in [0.1, 0.15) is 0 Å². The number of fused-ring (bicyclic) bond motifs is 1. The number of carbonyl (C=O) groups is 1. The van der Waals surface area contributed by atoms with Crippen molar-refractivity contribution in [3.8, 4) is 0 Å². The predicted molar refractivity (Wildman–Crippen MR) is 65.3 cm³/mol. The van der Waals surface area contributed by atoms with Crippen LogP contribution in [0.25, 0.3) is 0 Å². The fourth-order valence-electron chi connectivity index (χ4n) is 2.88. The van der Waals surface area contributed by atoms with E-state index in [0.29, 0.717) is 17.6 Å². The number of benzene rings is 1. The molecule has 0 N–H and O–H groups in total. The number of hydrogen-bond acceptors (Lipinski definition) is 3. The lowest BCUT2D eigenvalue weighted by atomic mass is 10.0. The van der Waals surface area contributed by atoms with Gasteiger partial charge in [0, 0.05) is 17.7 Å². The summed E-state index contributed by atoms with van der Waals surface area (Å²) < 4.78 is 0. The normalized spacial score (nSPS) is 25.4. The molecule has 0 unspecified atom stereocenters. The Morgan fingerprint density at radius 1 is 1.17 bits per heavy atom. The van der Waals surface area contributed by atoms with Gasteiger partial charge in [0.2, 0.25) is 0 Å². The van der Waals surface area contributed by atoms with E-state index in [-0.39, 0.29) is 11.6 Å². The summed E-state index contributed by atoms with van der Waals surface area (Å²) in [5, 5.41) is 10.5. The topological polar surface area (TPSA) is 63.2 Å². The van der Waals surface area contributed by atoms with Gasteiger partial charge in [0.05, 0.1) is 17.0 Å². The van der Waals surface area contributed by atoms with Gasteiger partial charge in [-0.3, -0.25) is 14.9 Å². The quantitative estimate of drug-likeness (QED) is 0.457. The van der Waals surface area contributed by atoms with Gasteiger partial charge in [-0.2, -0.15) is 0 Å². The lowest BCUT2D eigenvalue weighted by Crippen LogP contribution is -2.14. The molecule has 18 heavy (non-hydrogen) atoms. The van der Waals surface area contributed by atoms with Crippen molar-refractivity contribution in [2.75, 3.05) is 0 Å². The molecular formula is C13H14N2O3. The largest absolute Gasteiger partial charge is 0.329 e. The first kappa shape index (κ1) is 11.2. The smallest absolute Gasteiger partial charge is 0.269 e. The minimum Gasteiger partial charge on any atom is -0.329 e. The first-order valence-corrected chi connectivity index (χ1v) is 6.25. The lowest BCUT2D eigenvalue weighted by Gasteiger charge is -2.03. The average Bonchev–Trinajstić information content (AvgIpc) is 3.12. The second kappa shape index (κ2) is 4.08. The van der Waals surface area contributed by atoms with E-state index >= 15 is 0 Å². The fourth-order valence-corrected chi connectivity index (χ4v) is 2.88. The molecule has 2 atom stereocenters. The third-order valence-electron chi connectivity index (χ3n) is 3.88. The number of likely N-dealkylation sites (tertiary alicyclic amines) is 1. The number of rotatable bonds is 2. The number of non-ortho nitro benzene ring substituents is 1. The van der Waals surface area contributed by atoms with Crippen LogP contribution in [-0.4, -0.2) is 27.8 Å². The number of nitro groups is 1. The van der Waals surface area contributed by atoms with E-state index in [0.717, 1.165) is 12.8 Å². The molecule has 1 amide bonds. The summed E-state index contributed by atoms with van der Waals surface area (Å²) in [6, 6.07) is 6.71. The third-order valence-corrected chi connectivity index (χ3v) is 3.88. The summed E-state index contributed by atoms with van der Waals surface area (Å²) in [5.74, 6) is 0.0156. The number of amides is 1. The summed E-state index contributed by atoms with van der Waals surface area (Å²) in [6.07, 6.45) is 4.60. The molecule has 0 radical (unpaired) electrons. The summed E-state index contributed by atoms with van der Waals surface area (Å²) in [7, 11) is 0. The Hall–Kier alpha value is -1.91. The molecule has 2 aliphatic rings. The maximum atomic E-state index is 12.2. The molecule has 5 heteroatoms. The Labute approximate surface area is 105 Å². The van der Waals surface area contributed by atoms with Crippen LogP contribution in [0.15, 0.2) is 24.3 Å². The van der Waals surface area contributed by atoms with Gasteiger partial charge >= 0.3 is 0 Å². The van der Waals surface area contributed by atoms with Crippen molar-refractivity contribution in [1.82, 2.24) is 4.90 Å². The van der Waals surface area contributed by atoms with Gasteiger partial charge in [0.25, 0.3) is 11.6 Å². The standard InChI is InChI=1S/C13H14N2O3/c16-13(14-11-3-1-2-4-12(11)14)9-5-7-10(8-6-9)15(17)18/h5-8,11-12H,1-4H2/t11-,12+,14?. The van der Waals surface area contributed by atoms with E-state index in [1.165, 1.54) is 25.0 Å². The molecular weight excluding hydrogens is 232 g/mol. The summed E-state index contributed by atoms with van der Waals surface area (Å²) in [5.41, 5.74) is 0.574. The van der Waals surface area contributed by atoms with E-state index in [1.54, 1.807) is 12.1 Å². The maximum Gasteiger partial charge on any atom is 0.269 e. The van der Waals surface area contributed by atoms with Crippen LogP contribution in [0.4, 0.5) is 5.69 Å². The van der Waals surface area contributed by atoms with Crippen LogP contribution in [-0.2, 0) is 0 Å². The van der Waals surface area contributed by atoms with Crippen LogP contribution in [0.1, 0.15) is 36.0 Å². The van der Waals surface area contributed by atoms with Crippen molar-refractivity contribution in [3.63, 3.8) is 0 Å². The van der Waals surface area contributed by atoms with Crippen molar-refractivity contribution in [2.24, 2.45) is 0 Å². The number of hydrogen-bond donors (Lipinski definition) is 0. The Morgan fingerprint density at radius 3 is 2.22 bits per heavy atom. The van der Waals surface area contributed by atoms with Crippen LogP contribution in [0.2, 0.25) is 0 Å². The SMILES string of the molecule is O=C(c1ccc([N+](=O)[O-])cc1)N1[C@@H]2CCCC[C@@H]21. The van der Waals surface area contributed by atoms with E-state index in [1.807, 2.05) is 4.90 Å². The molecule has 1 heterocycles. The molecule has 94 valence electrons. The van der Waals surface area contributed by atoms with E-state index < -0.39 is 4.92 Å². The molecule has 5 nitrogen and oxygen atoms in total. The average molecular weight is 246 g/mol. The molecule has 1 aliphatic heterocycles. The molecule has 0 spiro atoms. The second-order valence-electron chi connectivity index (χ2n) is 4.94. The first-order chi connectivity index (χ1) is 8.68. The highest BCUT2D eigenvalue weighted by atomic mass is 16.6. The van der Waals surface area contributed by atoms with E-state index in [4.69, 9.17) is 0 Å². The molecule has 1 aliphatic carbocycles. The highest BCUT2D eigenvalue weighted by Gasteiger charge is 2.51. The summed E-state index contributed by atoms with van der Waals surface area (Å²) in [6.45, 7) is 0. The van der Waals surface area contributed by atoms with Crippen molar-refractivity contribution in [3.05, 3.63) is 39.9 Å². The fraction of sp³-hybridized carbons (Fsp3) is 0.462. The van der Waals surface area contributed by atoms with Gasteiger partial charge < -0.3 is 4.90 Å². The van der Waals surface area contributed by atoms with E-state index in [2.05, 4.69) is 0 Å². The Morgan fingerprint density at radius 2 is 1.72 bits per heavy atom. The molecule has 0 bridgehead atoms. The Kier molecular flexibility index (Phi) is 2.54. The molecule has 3 rings (SSSR count). The van der Waals surface area contributed by atoms with Crippen LogP contribution < -0.4 is 0 Å². The molecule has 0 aromatic heterocycles. The van der Waals surface area contributed by atoms with Crippen molar-refractivity contribution in [1.29, 1.82) is 0 Å². The third kappa shape index (κ3) is 1.75. The number of carbonyl (C=O) groups excluding carboxylic acids is 1. The van der Waals surface area contributed by atoms with Gasteiger partial charge in [-0.15, -0.1) is 0 Å². The van der Waals surface area contributed by atoms with Crippen LogP contribution in [0.3, 0.4) is 0 Å².